The smallest absolute Gasteiger partial charge is 0.268 e. The van der Waals surface area contributed by atoms with Crippen LogP contribution < -0.4 is 9.80 Å². The number of hydrogen-bond donors (Lipinski definition) is 0. The molecule has 294 valence electrons. The van der Waals surface area contributed by atoms with Crippen LogP contribution in [0, 0.1) is 13.8 Å². The third kappa shape index (κ3) is 4.83. The second-order valence-corrected chi connectivity index (χ2v) is 16.0. The lowest BCUT2D eigenvalue weighted by molar-refractivity contribution is 0.0910. The second-order valence-electron chi connectivity index (χ2n) is 16.0. The summed E-state index contributed by atoms with van der Waals surface area (Å²) in [6.45, 7) is 3.91. The molecule has 8 heteroatoms. The Hall–Kier alpha value is -8.36. The van der Waals surface area contributed by atoms with Crippen LogP contribution in [0.1, 0.15) is 52.6 Å². The highest BCUT2D eigenvalue weighted by Gasteiger charge is 2.41. The first-order chi connectivity index (χ1) is 30.3. The summed E-state index contributed by atoms with van der Waals surface area (Å²) in [5.74, 6) is -1.50. The fraction of sp³-hybridized carbons (Fsp3) is 0.0370. The number of amides is 4. The number of fused-ring (bicyclic) bond motifs is 8. The fourth-order valence-electron chi connectivity index (χ4n) is 9.92. The number of carbonyl (C=O) groups excluding carboxylic acids is 4. The van der Waals surface area contributed by atoms with Gasteiger partial charge in [0.1, 0.15) is 0 Å². The Labute approximate surface area is 355 Å². The second kappa shape index (κ2) is 13.1. The molecule has 8 aromatic carbocycles. The molecule has 0 bridgehead atoms. The average Bonchev–Trinajstić information content (AvgIpc) is 3.98. The van der Waals surface area contributed by atoms with E-state index in [-0.39, 0.29) is 23.6 Å². The van der Waals surface area contributed by atoms with Crippen molar-refractivity contribution in [1.82, 2.24) is 9.13 Å². The van der Waals surface area contributed by atoms with E-state index in [4.69, 9.17) is 0 Å². The molecule has 4 heterocycles. The van der Waals surface area contributed by atoms with E-state index in [0.29, 0.717) is 45.0 Å². The highest BCUT2D eigenvalue weighted by molar-refractivity contribution is 6.37. The molecule has 0 fully saturated rings. The molecule has 0 atom stereocenters. The third-order valence-electron chi connectivity index (χ3n) is 12.7. The number of para-hydroxylation sites is 4. The standard InChI is InChI=1S/C54H34N4O4/c1-31-29-33(55-51(59)41-17-11-23-47(49(41)53(55)61)57-43-19-7-3-13-37(43)38-14-4-8-20-44(38)57)25-27-35(31)36-28-26-34(30-32(36)2)56-52(60)42-18-12-24-48(50(42)54(56)62)58-45-21-9-5-15-39(45)40-16-6-10-22-46(40)58/h3-30H,1-2H3. The quantitative estimate of drug-likeness (QED) is 0.162. The third-order valence-corrected chi connectivity index (χ3v) is 12.7. The van der Waals surface area contributed by atoms with Gasteiger partial charge in [0.15, 0.2) is 0 Å². The van der Waals surface area contributed by atoms with E-state index in [1.807, 2.05) is 135 Å². The van der Waals surface area contributed by atoms with Crippen molar-refractivity contribution in [2.45, 2.75) is 13.8 Å². The van der Waals surface area contributed by atoms with E-state index in [2.05, 4.69) is 33.4 Å². The van der Waals surface area contributed by atoms with Crippen molar-refractivity contribution in [3.05, 3.63) is 203 Å². The molecule has 0 spiro atoms. The number of rotatable bonds is 5. The van der Waals surface area contributed by atoms with Crippen molar-refractivity contribution in [3.63, 3.8) is 0 Å². The van der Waals surface area contributed by atoms with Crippen LogP contribution in [0.2, 0.25) is 0 Å². The Bertz CT molecular complexity index is 3320. The topological polar surface area (TPSA) is 84.6 Å². The summed E-state index contributed by atoms with van der Waals surface area (Å²) in [7, 11) is 0. The minimum atomic E-state index is -0.377. The summed E-state index contributed by atoms with van der Waals surface area (Å²) in [6, 6.07) is 54.5. The molecule has 0 aliphatic carbocycles. The maximum absolute atomic E-state index is 14.4. The van der Waals surface area contributed by atoms with Gasteiger partial charge in [-0.1, -0.05) is 97.1 Å². The lowest BCUT2D eigenvalue weighted by atomic mass is 9.95. The van der Waals surface area contributed by atoms with Gasteiger partial charge in [0.25, 0.3) is 23.6 Å². The monoisotopic (exact) mass is 802 g/mol. The number of imide groups is 2. The number of hydrogen-bond acceptors (Lipinski definition) is 4. The van der Waals surface area contributed by atoms with Crippen molar-refractivity contribution in [2.75, 3.05) is 9.80 Å². The number of aromatic nitrogens is 2. The fourth-order valence-corrected chi connectivity index (χ4v) is 9.92. The highest BCUT2D eigenvalue weighted by atomic mass is 16.2. The van der Waals surface area contributed by atoms with Gasteiger partial charge in [0, 0.05) is 21.5 Å². The summed E-state index contributed by atoms with van der Waals surface area (Å²) in [5.41, 5.74) is 11.0. The van der Waals surface area contributed by atoms with Crippen LogP contribution in [0.4, 0.5) is 11.4 Å². The predicted molar refractivity (Wildman–Crippen MR) is 245 cm³/mol. The van der Waals surface area contributed by atoms with Gasteiger partial charge in [-0.2, -0.15) is 0 Å². The molecule has 0 saturated carbocycles. The summed E-state index contributed by atoms with van der Waals surface area (Å²) >= 11 is 0. The number of carbonyl (C=O) groups is 4. The molecule has 62 heavy (non-hydrogen) atoms. The molecule has 2 aliphatic heterocycles. The number of anilines is 2. The lowest BCUT2D eigenvalue weighted by Gasteiger charge is -2.19. The Morgan fingerprint density at radius 3 is 1.00 bits per heavy atom. The summed E-state index contributed by atoms with van der Waals surface area (Å²) in [6.07, 6.45) is 0. The predicted octanol–water partition coefficient (Wildman–Crippen LogP) is 11.8. The first-order valence-corrected chi connectivity index (χ1v) is 20.5. The van der Waals surface area contributed by atoms with E-state index in [0.717, 1.165) is 65.9 Å². The van der Waals surface area contributed by atoms with Gasteiger partial charge in [-0.25, -0.2) is 9.80 Å². The van der Waals surface area contributed by atoms with E-state index in [1.165, 1.54) is 9.80 Å². The van der Waals surface area contributed by atoms with E-state index >= 15 is 0 Å². The van der Waals surface area contributed by atoms with Gasteiger partial charge in [0.05, 0.1) is 67.1 Å². The molecule has 2 aliphatic rings. The van der Waals surface area contributed by atoms with E-state index in [1.54, 1.807) is 24.3 Å². The zero-order valence-corrected chi connectivity index (χ0v) is 33.6. The Balaban J connectivity index is 0.874. The largest absolute Gasteiger partial charge is 0.308 e. The number of benzene rings is 8. The minimum absolute atomic E-state index is 0.359. The molecule has 8 nitrogen and oxygen atoms in total. The zero-order chi connectivity index (χ0) is 42.0. The normalized spacial score (nSPS) is 13.7. The first-order valence-electron chi connectivity index (χ1n) is 20.5. The molecule has 2 aromatic heterocycles. The van der Waals surface area contributed by atoms with E-state index < -0.39 is 0 Å². The average molecular weight is 803 g/mol. The molecule has 0 radical (unpaired) electrons. The van der Waals surface area contributed by atoms with Gasteiger partial charge in [0.2, 0.25) is 0 Å². The Morgan fingerprint density at radius 1 is 0.323 bits per heavy atom. The Morgan fingerprint density at radius 2 is 0.661 bits per heavy atom. The van der Waals surface area contributed by atoms with Gasteiger partial charge in [-0.3, -0.25) is 19.2 Å². The first kappa shape index (κ1) is 35.6. The lowest BCUT2D eigenvalue weighted by Crippen LogP contribution is -2.29. The summed E-state index contributed by atoms with van der Waals surface area (Å²) in [4.78, 5) is 59.7. The van der Waals surface area contributed by atoms with Crippen molar-refractivity contribution in [3.8, 4) is 22.5 Å². The zero-order valence-electron chi connectivity index (χ0n) is 33.6. The van der Waals surface area contributed by atoms with Crippen molar-refractivity contribution < 1.29 is 19.2 Å². The van der Waals surface area contributed by atoms with Crippen molar-refractivity contribution >= 4 is 78.6 Å². The number of nitrogens with zero attached hydrogens (tertiary/aromatic N) is 4. The van der Waals surface area contributed by atoms with Crippen LogP contribution in [-0.2, 0) is 0 Å². The van der Waals surface area contributed by atoms with Crippen LogP contribution >= 0.6 is 0 Å². The maximum Gasteiger partial charge on any atom is 0.268 e. The highest BCUT2D eigenvalue weighted by Crippen LogP contribution is 2.41. The van der Waals surface area contributed by atoms with Gasteiger partial charge in [-0.05, 0) is 109 Å². The molecule has 4 amide bonds. The van der Waals surface area contributed by atoms with Crippen LogP contribution in [0.3, 0.4) is 0 Å². The van der Waals surface area contributed by atoms with Crippen LogP contribution in [0.25, 0.3) is 66.1 Å². The van der Waals surface area contributed by atoms with Gasteiger partial charge >= 0.3 is 0 Å². The molecule has 10 aromatic rings. The van der Waals surface area contributed by atoms with Crippen LogP contribution in [0.5, 0.6) is 0 Å². The molecule has 0 saturated heterocycles. The minimum Gasteiger partial charge on any atom is -0.308 e. The van der Waals surface area contributed by atoms with Crippen molar-refractivity contribution in [1.29, 1.82) is 0 Å². The molecule has 12 rings (SSSR count). The van der Waals surface area contributed by atoms with Gasteiger partial charge in [-0.15, -0.1) is 0 Å². The van der Waals surface area contributed by atoms with Gasteiger partial charge < -0.3 is 9.13 Å². The summed E-state index contributed by atoms with van der Waals surface area (Å²) in [5, 5.41) is 4.27. The molecular weight excluding hydrogens is 769 g/mol. The molecular formula is C54H34N4O4. The summed E-state index contributed by atoms with van der Waals surface area (Å²) < 4.78 is 4.15. The SMILES string of the molecule is Cc1cc(N2C(=O)c3cccc(-n4c5ccccc5c5ccccc54)c3C2=O)ccc1-c1ccc(N2C(=O)c3cccc(-n4c5ccccc5c5ccccc54)c3C2=O)cc1C. The molecule has 0 unspecified atom stereocenters. The molecule has 0 N–H and O–H groups in total. The Kier molecular flexibility index (Phi) is 7.50. The van der Waals surface area contributed by atoms with Crippen LogP contribution in [0.15, 0.2) is 170 Å². The van der Waals surface area contributed by atoms with Crippen molar-refractivity contribution in [2.24, 2.45) is 0 Å². The maximum atomic E-state index is 14.4. The van der Waals surface area contributed by atoms with E-state index in [9.17, 15) is 19.2 Å². The van der Waals surface area contributed by atoms with Crippen LogP contribution in [-0.4, -0.2) is 32.8 Å². The number of aryl methyl sites for hydroxylation is 2.